The molecule has 0 heterocycles. The van der Waals surface area contributed by atoms with Gasteiger partial charge in [0.25, 0.3) is 0 Å². The molecule has 1 nitrogen and oxygen atoms in total. The Hall–Kier alpha value is -0.720. The summed E-state index contributed by atoms with van der Waals surface area (Å²) in [7, 11) is 2.13. The Bertz CT molecular complexity index is 295. The van der Waals surface area contributed by atoms with Crippen LogP contribution in [0.3, 0.4) is 0 Å². The van der Waals surface area contributed by atoms with E-state index < -0.39 is 0 Å². The first-order valence-electron chi connectivity index (χ1n) is 6.50. The maximum Gasteiger partial charge on any atom is 0.0227 e. The van der Waals surface area contributed by atoms with Gasteiger partial charge in [0.15, 0.2) is 0 Å². The van der Waals surface area contributed by atoms with Crippen LogP contribution in [0.15, 0.2) is 24.4 Å². The first-order valence-corrected chi connectivity index (χ1v) is 6.50. The molecule has 0 aromatic carbocycles. The van der Waals surface area contributed by atoms with E-state index in [4.69, 9.17) is 0 Å². The fraction of sp³-hybridized carbons (Fsp3) is 0.750. The molecule has 0 spiro atoms. The molecule has 0 radical (unpaired) electrons. The first-order chi connectivity index (χ1) is 7.42. The Balaban J connectivity index is 4.91. The number of nitrogens with zero attached hydrogens (tertiary/aromatic N) is 1. The van der Waals surface area contributed by atoms with Gasteiger partial charge < -0.3 is 4.90 Å². The van der Waals surface area contributed by atoms with Crippen LogP contribution in [-0.2, 0) is 0 Å². The van der Waals surface area contributed by atoms with Crippen molar-refractivity contribution in [2.75, 3.05) is 7.05 Å². The van der Waals surface area contributed by atoms with Crippen LogP contribution in [0.1, 0.15) is 54.9 Å². The SMILES string of the molecule is C=C(C)C(C)(C)CC(C)(C)C(=C)N(C)C(C)C. The second kappa shape index (κ2) is 5.29. The van der Waals surface area contributed by atoms with Gasteiger partial charge in [-0.05, 0) is 32.6 Å². The molecule has 100 valence electrons. The fourth-order valence-electron chi connectivity index (χ4n) is 2.15. The van der Waals surface area contributed by atoms with Crippen LogP contribution in [0.2, 0.25) is 0 Å². The summed E-state index contributed by atoms with van der Waals surface area (Å²) >= 11 is 0. The second-order valence-corrected chi connectivity index (χ2v) is 6.88. The molecule has 0 amide bonds. The lowest BCUT2D eigenvalue weighted by Gasteiger charge is -2.41. The van der Waals surface area contributed by atoms with Crippen LogP contribution >= 0.6 is 0 Å². The molecule has 0 aliphatic rings. The summed E-state index contributed by atoms with van der Waals surface area (Å²) in [6, 6.07) is 0.495. The van der Waals surface area contributed by atoms with Gasteiger partial charge in [0.2, 0.25) is 0 Å². The summed E-state index contributed by atoms with van der Waals surface area (Å²) in [6.45, 7) is 24.0. The van der Waals surface area contributed by atoms with Crippen molar-refractivity contribution < 1.29 is 0 Å². The molecule has 0 aliphatic heterocycles. The highest BCUT2D eigenvalue weighted by atomic mass is 15.1. The Kier molecular flexibility index (Phi) is 5.06. The average Bonchev–Trinajstić information content (AvgIpc) is 2.13. The van der Waals surface area contributed by atoms with E-state index in [0.29, 0.717) is 6.04 Å². The zero-order chi connectivity index (χ0) is 14.0. The molecule has 0 saturated carbocycles. The molecule has 0 aromatic heterocycles. The van der Waals surface area contributed by atoms with Crippen LogP contribution in [-0.4, -0.2) is 18.0 Å². The highest BCUT2D eigenvalue weighted by Gasteiger charge is 2.33. The monoisotopic (exact) mass is 237 g/mol. The van der Waals surface area contributed by atoms with Crippen LogP contribution in [0.25, 0.3) is 0 Å². The zero-order valence-corrected chi connectivity index (χ0v) is 13.1. The highest BCUT2D eigenvalue weighted by molar-refractivity contribution is 5.12. The van der Waals surface area contributed by atoms with E-state index in [1.807, 2.05) is 0 Å². The van der Waals surface area contributed by atoms with E-state index in [1.54, 1.807) is 0 Å². The van der Waals surface area contributed by atoms with Crippen molar-refractivity contribution in [1.82, 2.24) is 4.90 Å². The van der Waals surface area contributed by atoms with E-state index in [1.165, 1.54) is 11.3 Å². The predicted octanol–water partition coefficient (Wildman–Crippen LogP) is 4.86. The van der Waals surface area contributed by atoms with Crippen molar-refractivity contribution in [3.8, 4) is 0 Å². The minimum Gasteiger partial charge on any atom is -0.375 e. The van der Waals surface area contributed by atoms with E-state index >= 15 is 0 Å². The minimum atomic E-state index is 0.0987. The van der Waals surface area contributed by atoms with Crippen LogP contribution in [0, 0.1) is 10.8 Å². The minimum absolute atomic E-state index is 0.0987. The van der Waals surface area contributed by atoms with E-state index in [0.717, 1.165) is 6.42 Å². The average molecular weight is 237 g/mol. The zero-order valence-electron chi connectivity index (χ0n) is 13.1. The molecule has 1 heteroatoms. The standard InChI is InChI=1S/C16H31N/c1-12(2)15(6,7)11-16(8,9)14(5)17(10)13(3)4/h13H,1,5,11H2,2-4,6-10H3. The Morgan fingerprint density at radius 3 is 1.76 bits per heavy atom. The number of allylic oxidation sites excluding steroid dienone is 2. The smallest absolute Gasteiger partial charge is 0.0227 e. The van der Waals surface area contributed by atoms with Crippen molar-refractivity contribution in [3.05, 3.63) is 24.4 Å². The summed E-state index contributed by atoms with van der Waals surface area (Å²) in [5.41, 5.74) is 2.71. The number of rotatable bonds is 6. The van der Waals surface area contributed by atoms with E-state index in [2.05, 4.69) is 73.6 Å². The summed E-state index contributed by atoms with van der Waals surface area (Å²) in [4.78, 5) is 2.27. The molecular formula is C16H31N. The van der Waals surface area contributed by atoms with Gasteiger partial charge >= 0.3 is 0 Å². The number of hydrogen-bond donors (Lipinski definition) is 0. The first kappa shape index (κ1) is 16.3. The van der Waals surface area contributed by atoms with Gasteiger partial charge in [-0.25, -0.2) is 0 Å². The van der Waals surface area contributed by atoms with Crippen LogP contribution in [0.4, 0.5) is 0 Å². The molecule has 0 saturated heterocycles. The van der Waals surface area contributed by atoms with Crippen LogP contribution in [0.5, 0.6) is 0 Å². The lowest BCUT2D eigenvalue weighted by atomic mass is 9.70. The van der Waals surface area contributed by atoms with Crippen molar-refractivity contribution in [2.45, 2.75) is 60.9 Å². The van der Waals surface area contributed by atoms with Gasteiger partial charge in [-0.2, -0.15) is 0 Å². The molecule has 0 rings (SSSR count). The molecular weight excluding hydrogens is 206 g/mol. The summed E-state index contributed by atoms with van der Waals surface area (Å²) < 4.78 is 0. The van der Waals surface area contributed by atoms with Crippen molar-refractivity contribution >= 4 is 0 Å². The molecule has 0 bridgehead atoms. The summed E-state index contributed by atoms with van der Waals surface area (Å²) in [6.07, 6.45) is 1.07. The molecule has 0 N–H and O–H groups in total. The molecule has 0 atom stereocenters. The molecule has 0 aromatic rings. The Labute approximate surface area is 109 Å². The lowest BCUT2D eigenvalue weighted by Crippen LogP contribution is -2.35. The third-order valence-electron chi connectivity index (χ3n) is 4.02. The summed E-state index contributed by atoms with van der Waals surface area (Å²) in [5, 5.41) is 0. The lowest BCUT2D eigenvalue weighted by molar-refractivity contribution is 0.196. The Morgan fingerprint density at radius 1 is 1.06 bits per heavy atom. The normalized spacial score (nSPS) is 12.8. The maximum absolute atomic E-state index is 4.29. The third kappa shape index (κ3) is 4.22. The molecule has 0 unspecified atom stereocenters. The predicted molar refractivity (Wildman–Crippen MR) is 79.0 cm³/mol. The summed E-state index contributed by atoms with van der Waals surface area (Å²) in [5.74, 6) is 0. The number of hydrogen-bond acceptors (Lipinski definition) is 1. The second-order valence-electron chi connectivity index (χ2n) is 6.88. The van der Waals surface area contributed by atoms with Gasteiger partial charge in [0.05, 0.1) is 0 Å². The molecule has 0 fully saturated rings. The molecule has 0 aliphatic carbocycles. The Morgan fingerprint density at radius 2 is 1.47 bits per heavy atom. The largest absolute Gasteiger partial charge is 0.375 e. The van der Waals surface area contributed by atoms with Gasteiger partial charge in [-0.15, -0.1) is 0 Å². The fourth-order valence-corrected chi connectivity index (χ4v) is 2.15. The van der Waals surface area contributed by atoms with Gasteiger partial charge in [-0.3, -0.25) is 0 Å². The van der Waals surface area contributed by atoms with Crippen molar-refractivity contribution in [2.24, 2.45) is 10.8 Å². The van der Waals surface area contributed by atoms with Gasteiger partial charge in [0.1, 0.15) is 0 Å². The highest BCUT2D eigenvalue weighted by Crippen LogP contribution is 2.42. The van der Waals surface area contributed by atoms with Crippen molar-refractivity contribution in [1.29, 1.82) is 0 Å². The van der Waals surface area contributed by atoms with Gasteiger partial charge in [0, 0.05) is 24.2 Å². The topological polar surface area (TPSA) is 3.24 Å². The van der Waals surface area contributed by atoms with Gasteiger partial charge in [-0.1, -0.05) is 46.4 Å². The van der Waals surface area contributed by atoms with Crippen molar-refractivity contribution in [3.63, 3.8) is 0 Å². The van der Waals surface area contributed by atoms with E-state index in [-0.39, 0.29) is 10.8 Å². The quantitative estimate of drug-likeness (QED) is 0.596. The maximum atomic E-state index is 4.29. The van der Waals surface area contributed by atoms with Crippen LogP contribution < -0.4 is 0 Å². The third-order valence-corrected chi connectivity index (χ3v) is 4.02. The molecule has 17 heavy (non-hydrogen) atoms. The van der Waals surface area contributed by atoms with E-state index in [9.17, 15) is 0 Å².